The second-order valence-corrected chi connectivity index (χ2v) is 8.70. The van der Waals surface area contributed by atoms with E-state index in [-0.39, 0.29) is 11.8 Å². The maximum atomic E-state index is 13.2. The van der Waals surface area contributed by atoms with Gasteiger partial charge in [0.15, 0.2) is 5.78 Å². The van der Waals surface area contributed by atoms with E-state index in [1.54, 1.807) is 11.3 Å². The third-order valence-corrected chi connectivity index (χ3v) is 7.09. The molecule has 1 aliphatic heterocycles. The number of carbonyl (C=O) groups excluding carboxylic acids is 1. The fourth-order valence-corrected chi connectivity index (χ4v) is 5.38. The largest absolute Gasteiger partial charge is 0.360 e. The van der Waals surface area contributed by atoms with Gasteiger partial charge in [-0.1, -0.05) is 30.3 Å². The van der Waals surface area contributed by atoms with Gasteiger partial charge in [-0.3, -0.25) is 9.69 Å². The fourth-order valence-electron chi connectivity index (χ4n) is 4.29. The Balaban J connectivity index is 1.37. The molecule has 0 radical (unpaired) electrons. The third kappa shape index (κ3) is 3.05. The van der Waals surface area contributed by atoms with Crippen LogP contribution in [0.4, 0.5) is 0 Å². The molecule has 2 atom stereocenters. The van der Waals surface area contributed by atoms with Gasteiger partial charge < -0.3 is 4.98 Å². The predicted octanol–water partition coefficient (Wildman–Crippen LogP) is 5.23. The molecule has 0 amide bonds. The Morgan fingerprint density at radius 3 is 2.93 bits per heavy atom. The molecule has 5 heteroatoms. The minimum atomic E-state index is -0.128. The molecular formula is C23H23N3OS. The average Bonchev–Trinajstić information content (AvgIpc) is 3.37. The van der Waals surface area contributed by atoms with Crippen LogP contribution in [0.1, 0.15) is 41.0 Å². The van der Waals surface area contributed by atoms with E-state index in [0.717, 1.165) is 47.9 Å². The van der Waals surface area contributed by atoms with E-state index in [4.69, 9.17) is 4.98 Å². The number of hydrogen-bond acceptors (Lipinski definition) is 4. The Kier molecular flexibility index (Phi) is 4.49. The number of piperidine rings is 1. The summed E-state index contributed by atoms with van der Waals surface area (Å²) in [6.07, 6.45) is 4.11. The summed E-state index contributed by atoms with van der Waals surface area (Å²) >= 11 is 1.80. The van der Waals surface area contributed by atoms with Crippen LogP contribution in [0.15, 0.2) is 54.7 Å². The first-order valence-electron chi connectivity index (χ1n) is 9.90. The average molecular weight is 390 g/mol. The number of benzene rings is 2. The number of hydrogen-bond donors (Lipinski definition) is 1. The molecule has 3 heterocycles. The van der Waals surface area contributed by atoms with Gasteiger partial charge in [0.2, 0.25) is 0 Å². The monoisotopic (exact) mass is 389 g/mol. The highest BCUT2D eigenvalue weighted by atomic mass is 32.1. The first-order valence-corrected chi connectivity index (χ1v) is 10.7. The van der Waals surface area contributed by atoms with Crippen LogP contribution in [0.3, 0.4) is 0 Å². The number of ketones is 1. The molecule has 1 fully saturated rings. The number of para-hydroxylation sites is 2. The lowest BCUT2D eigenvalue weighted by molar-refractivity contribution is 0.0793. The number of aromatic amines is 1. The first-order chi connectivity index (χ1) is 13.7. The number of carbonyl (C=O) groups is 1. The Labute approximate surface area is 168 Å². The molecule has 4 nitrogen and oxygen atoms in total. The molecule has 2 aromatic carbocycles. The number of likely N-dealkylation sites (tertiary alicyclic amines) is 1. The summed E-state index contributed by atoms with van der Waals surface area (Å²) in [6.45, 7) is 3.91. The van der Waals surface area contributed by atoms with Crippen molar-refractivity contribution in [1.29, 1.82) is 0 Å². The zero-order valence-electron chi connectivity index (χ0n) is 15.9. The molecule has 4 aromatic rings. The molecule has 1 aliphatic rings. The zero-order chi connectivity index (χ0) is 19.1. The summed E-state index contributed by atoms with van der Waals surface area (Å²) in [7, 11) is 0. The topological polar surface area (TPSA) is 49.0 Å². The summed E-state index contributed by atoms with van der Waals surface area (Å²) in [5.74, 6) is 0.603. The summed E-state index contributed by atoms with van der Waals surface area (Å²) < 4.78 is 1.25. The highest BCUT2D eigenvalue weighted by molar-refractivity contribution is 7.18. The van der Waals surface area contributed by atoms with Crippen molar-refractivity contribution >= 4 is 38.2 Å². The Morgan fingerprint density at radius 1 is 1.21 bits per heavy atom. The molecule has 0 spiro atoms. The lowest BCUT2D eigenvalue weighted by atomic mass is 9.95. The number of H-pyrrole nitrogens is 1. The van der Waals surface area contributed by atoms with Crippen LogP contribution < -0.4 is 0 Å². The van der Waals surface area contributed by atoms with Crippen molar-refractivity contribution in [3.63, 3.8) is 0 Å². The number of nitrogens with one attached hydrogen (secondary N) is 1. The fraction of sp³-hybridized carbons (Fsp3) is 0.304. The highest BCUT2D eigenvalue weighted by Gasteiger charge is 2.30. The molecular weight excluding hydrogens is 366 g/mol. The predicted molar refractivity (Wildman–Crippen MR) is 115 cm³/mol. The maximum Gasteiger partial charge on any atom is 0.181 e. The molecule has 142 valence electrons. The van der Waals surface area contributed by atoms with E-state index < -0.39 is 0 Å². The minimum absolute atomic E-state index is 0.128. The van der Waals surface area contributed by atoms with E-state index in [1.807, 2.05) is 43.5 Å². The third-order valence-electron chi connectivity index (χ3n) is 5.89. The van der Waals surface area contributed by atoms with Crippen molar-refractivity contribution in [2.24, 2.45) is 0 Å². The number of aromatic nitrogens is 2. The second kappa shape index (κ2) is 7.15. The van der Waals surface area contributed by atoms with E-state index >= 15 is 0 Å². The van der Waals surface area contributed by atoms with E-state index in [0.29, 0.717) is 5.92 Å². The van der Waals surface area contributed by atoms with Crippen LogP contribution in [0.2, 0.25) is 0 Å². The molecule has 2 aromatic heterocycles. The van der Waals surface area contributed by atoms with Gasteiger partial charge in [0.1, 0.15) is 0 Å². The van der Waals surface area contributed by atoms with Crippen molar-refractivity contribution in [1.82, 2.24) is 14.9 Å². The van der Waals surface area contributed by atoms with Gasteiger partial charge in [0, 0.05) is 35.1 Å². The minimum Gasteiger partial charge on any atom is -0.360 e. The molecule has 0 aliphatic carbocycles. The summed E-state index contributed by atoms with van der Waals surface area (Å²) in [4.78, 5) is 23.7. The van der Waals surface area contributed by atoms with E-state index in [2.05, 4.69) is 28.1 Å². The van der Waals surface area contributed by atoms with Gasteiger partial charge in [-0.15, -0.1) is 11.3 Å². The highest BCUT2D eigenvalue weighted by Crippen LogP contribution is 2.34. The number of rotatable bonds is 4. The molecule has 0 unspecified atom stereocenters. The van der Waals surface area contributed by atoms with Gasteiger partial charge in [-0.2, -0.15) is 0 Å². The van der Waals surface area contributed by atoms with Gasteiger partial charge in [0.05, 0.1) is 21.3 Å². The normalized spacial score (nSPS) is 19.2. The van der Waals surface area contributed by atoms with Gasteiger partial charge in [0.25, 0.3) is 0 Å². The summed E-state index contributed by atoms with van der Waals surface area (Å²) in [6, 6.07) is 16.2. The molecule has 0 saturated carbocycles. The van der Waals surface area contributed by atoms with Crippen LogP contribution >= 0.6 is 11.3 Å². The molecule has 5 rings (SSSR count). The number of thiazole rings is 1. The Morgan fingerprint density at radius 2 is 2.04 bits per heavy atom. The van der Waals surface area contributed by atoms with Crippen LogP contribution in [-0.2, 0) is 0 Å². The summed E-state index contributed by atoms with van der Waals surface area (Å²) in [5, 5.41) is 2.22. The van der Waals surface area contributed by atoms with Crippen LogP contribution in [0.5, 0.6) is 0 Å². The first kappa shape index (κ1) is 17.6. The van der Waals surface area contributed by atoms with Crippen molar-refractivity contribution in [3.8, 4) is 0 Å². The number of fused-ring (bicyclic) bond motifs is 2. The number of Topliss-reactive ketones (excluding diaryl/α,β-unsaturated/α-hetero) is 1. The second-order valence-electron chi connectivity index (χ2n) is 7.64. The standard InChI is InChI=1S/C23H23N3OS/c1-15(22(27)18-13-24-19-9-3-2-8-17(18)19)26-12-6-7-16(14-26)23-25-20-10-4-5-11-21(20)28-23/h2-5,8-11,13,15-16,24H,6-7,12,14H2,1H3/t15-,16-/m0/s1. The van der Waals surface area contributed by atoms with Gasteiger partial charge in [-0.05, 0) is 44.5 Å². The SMILES string of the molecule is C[C@@H](C(=O)c1c[nH]c2ccccc12)N1CCC[C@H](c2nc3ccccc3s2)C1. The number of nitrogens with zero attached hydrogens (tertiary/aromatic N) is 2. The van der Waals surface area contributed by atoms with Gasteiger partial charge in [-0.25, -0.2) is 4.98 Å². The lowest BCUT2D eigenvalue weighted by Gasteiger charge is -2.35. The van der Waals surface area contributed by atoms with Crippen molar-refractivity contribution < 1.29 is 4.79 Å². The van der Waals surface area contributed by atoms with Crippen molar-refractivity contribution in [2.75, 3.05) is 13.1 Å². The van der Waals surface area contributed by atoms with Crippen LogP contribution in [-0.4, -0.2) is 39.8 Å². The Bertz CT molecular complexity index is 1110. The zero-order valence-corrected chi connectivity index (χ0v) is 16.7. The van der Waals surface area contributed by atoms with E-state index in [1.165, 1.54) is 9.71 Å². The molecule has 1 N–H and O–H groups in total. The smallest absolute Gasteiger partial charge is 0.181 e. The lowest BCUT2D eigenvalue weighted by Crippen LogP contribution is -2.44. The van der Waals surface area contributed by atoms with E-state index in [9.17, 15) is 4.79 Å². The molecule has 28 heavy (non-hydrogen) atoms. The molecule has 1 saturated heterocycles. The molecule has 0 bridgehead atoms. The van der Waals surface area contributed by atoms with Crippen LogP contribution in [0.25, 0.3) is 21.1 Å². The quantitative estimate of drug-likeness (QED) is 0.486. The summed E-state index contributed by atoms with van der Waals surface area (Å²) in [5.41, 5.74) is 2.90. The van der Waals surface area contributed by atoms with Gasteiger partial charge >= 0.3 is 0 Å². The maximum absolute atomic E-state index is 13.2. The van der Waals surface area contributed by atoms with Crippen molar-refractivity contribution in [3.05, 3.63) is 65.3 Å². The van der Waals surface area contributed by atoms with Crippen molar-refractivity contribution in [2.45, 2.75) is 31.7 Å². The Hall–Kier alpha value is -2.50. The van der Waals surface area contributed by atoms with Crippen LogP contribution in [0, 0.1) is 0 Å².